The van der Waals surface area contributed by atoms with Gasteiger partial charge in [0.2, 0.25) is 0 Å². The first-order valence-corrected chi connectivity index (χ1v) is 7.57. The molecule has 1 aliphatic rings. The molecule has 1 aromatic rings. The average molecular weight is 328 g/mol. The molecule has 2 N–H and O–H groups in total. The van der Waals surface area contributed by atoms with Gasteiger partial charge in [0.25, 0.3) is 0 Å². The summed E-state index contributed by atoms with van der Waals surface area (Å²) < 4.78 is 6.26. The molecule has 106 valence electrons. The molecule has 5 heteroatoms. The maximum absolute atomic E-state index is 5.97. The van der Waals surface area contributed by atoms with E-state index in [0.717, 1.165) is 24.2 Å². The molecule has 19 heavy (non-hydrogen) atoms. The number of pyridine rings is 1. The summed E-state index contributed by atoms with van der Waals surface area (Å²) in [6.07, 6.45) is 6.10. The van der Waals surface area contributed by atoms with Crippen molar-refractivity contribution in [2.24, 2.45) is 11.7 Å². The van der Waals surface area contributed by atoms with Crippen LogP contribution in [-0.2, 0) is 4.74 Å². The van der Waals surface area contributed by atoms with Crippen LogP contribution in [0.3, 0.4) is 0 Å². The molecule has 0 bridgehead atoms. The first-order valence-electron chi connectivity index (χ1n) is 6.78. The van der Waals surface area contributed by atoms with Crippen molar-refractivity contribution in [3.63, 3.8) is 0 Å². The summed E-state index contributed by atoms with van der Waals surface area (Å²) in [4.78, 5) is 6.71. The van der Waals surface area contributed by atoms with Crippen molar-refractivity contribution in [1.82, 2.24) is 9.88 Å². The third-order valence-corrected chi connectivity index (χ3v) is 4.26. The summed E-state index contributed by atoms with van der Waals surface area (Å²) in [5.74, 6) is 0.695. The van der Waals surface area contributed by atoms with Crippen LogP contribution in [0, 0.1) is 5.92 Å². The lowest BCUT2D eigenvalue weighted by molar-refractivity contribution is 0.0809. The molecule has 0 spiro atoms. The molecule has 0 aromatic carbocycles. The van der Waals surface area contributed by atoms with Crippen LogP contribution in [0.4, 0.5) is 0 Å². The van der Waals surface area contributed by atoms with Crippen LogP contribution in [0.1, 0.15) is 24.4 Å². The fraction of sp³-hybridized carbons (Fsp3) is 0.643. The predicted molar refractivity (Wildman–Crippen MR) is 79.9 cm³/mol. The third-order valence-electron chi connectivity index (χ3n) is 3.83. The number of nitrogens with two attached hydrogens (primary N) is 1. The first kappa shape index (κ1) is 14.9. The van der Waals surface area contributed by atoms with Gasteiger partial charge < -0.3 is 10.5 Å². The van der Waals surface area contributed by atoms with Crippen LogP contribution in [0.15, 0.2) is 22.9 Å². The highest BCUT2D eigenvalue weighted by Gasteiger charge is 2.25. The highest BCUT2D eigenvalue weighted by atomic mass is 79.9. The lowest BCUT2D eigenvalue weighted by atomic mass is 9.95. The van der Waals surface area contributed by atoms with Gasteiger partial charge in [-0.1, -0.05) is 0 Å². The van der Waals surface area contributed by atoms with Gasteiger partial charge in [-0.3, -0.25) is 9.88 Å². The van der Waals surface area contributed by atoms with Crippen molar-refractivity contribution in [1.29, 1.82) is 0 Å². The fourth-order valence-corrected chi connectivity index (χ4v) is 3.16. The van der Waals surface area contributed by atoms with Crippen LogP contribution in [-0.4, -0.2) is 43.2 Å². The summed E-state index contributed by atoms with van der Waals surface area (Å²) in [5.41, 5.74) is 7.17. The molecule has 1 fully saturated rings. The molecule has 0 saturated carbocycles. The van der Waals surface area contributed by atoms with E-state index < -0.39 is 0 Å². The minimum Gasteiger partial charge on any atom is -0.384 e. The highest BCUT2D eigenvalue weighted by Crippen LogP contribution is 2.27. The van der Waals surface area contributed by atoms with E-state index in [1.54, 1.807) is 7.11 Å². The molecule has 0 amide bonds. The van der Waals surface area contributed by atoms with Gasteiger partial charge >= 0.3 is 0 Å². The number of hydrogen-bond donors (Lipinski definition) is 1. The zero-order valence-electron chi connectivity index (χ0n) is 11.4. The van der Waals surface area contributed by atoms with E-state index in [2.05, 4.69) is 31.9 Å². The second kappa shape index (κ2) is 7.33. The van der Waals surface area contributed by atoms with Crippen molar-refractivity contribution in [3.8, 4) is 0 Å². The predicted octanol–water partition coefficient (Wildman–Crippen LogP) is 2.20. The van der Waals surface area contributed by atoms with Crippen LogP contribution in [0.5, 0.6) is 0 Å². The fourth-order valence-electron chi connectivity index (χ4n) is 2.77. The largest absolute Gasteiger partial charge is 0.384 e. The standard InChI is InChI=1S/C14H22BrN3O/c1-19-10-11-2-4-18(5-3-11)14(7-16)12-6-13(15)9-17-8-12/h6,8-9,11,14H,2-5,7,10,16H2,1H3. The Labute approximate surface area is 123 Å². The molecule has 1 aromatic heterocycles. The van der Waals surface area contributed by atoms with Crippen LogP contribution < -0.4 is 5.73 Å². The van der Waals surface area contributed by atoms with E-state index in [4.69, 9.17) is 10.5 Å². The molecule has 4 nitrogen and oxygen atoms in total. The average Bonchev–Trinajstić information content (AvgIpc) is 2.42. The zero-order valence-corrected chi connectivity index (χ0v) is 13.0. The smallest absolute Gasteiger partial charge is 0.0491 e. The van der Waals surface area contributed by atoms with E-state index in [9.17, 15) is 0 Å². The van der Waals surface area contributed by atoms with E-state index in [0.29, 0.717) is 12.5 Å². The second-order valence-electron chi connectivity index (χ2n) is 5.12. The van der Waals surface area contributed by atoms with Gasteiger partial charge in [0.05, 0.1) is 0 Å². The van der Waals surface area contributed by atoms with E-state index in [1.807, 2.05) is 12.4 Å². The minimum absolute atomic E-state index is 0.272. The monoisotopic (exact) mass is 327 g/mol. The topological polar surface area (TPSA) is 51.4 Å². The van der Waals surface area contributed by atoms with Gasteiger partial charge in [-0.25, -0.2) is 0 Å². The molecular weight excluding hydrogens is 306 g/mol. The molecule has 0 aliphatic carbocycles. The lowest BCUT2D eigenvalue weighted by Gasteiger charge is -2.37. The van der Waals surface area contributed by atoms with E-state index in [-0.39, 0.29) is 6.04 Å². The van der Waals surface area contributed by atoms with E-state index in [1.165, 1.54) is 18.4 Å². The summed E-state index contributed by atoms with van der Waals surface area (Å²) >= 11 is 3.48. The zero-order chi connectivity index (χ0) is 13.7. The summed E-state index contributed by atoms with van der Waals surface area (Å²) in [6, 6.07) is 2.39. The number of hydrogen-bond acceptors (Lipinski definition) is 4. The van der Waals surface area contributed by atoms with Gasteiger partial charge in [0, 0.05) is 43.2 Å². The molecule has 1 unspecified atom stereocenters. The Kier molecular flexibility index (Phi) is 5.76. The van der Waals surface area contributed by atoms with Crippen molar-refractivity contribution in [3.05, 3.63) is 28.5 Å². The molecule has 1 saturated heterocycles. The Morgan fingerprint density at radius 1 is 1.47 bits per heavy atom. The molecule has 2 rings (SSSR count). The maximum Gasteiger partial charge on any atom is 0.0491 e. The molecule has 2 heterocycles. The number of halogens is 1. The molecule has 1 atom stereocenters. The highest BCUT2D eigenvalue weighted by molar-refractivity contribution is 9.10. The van der Waals surface area contributed by atoms with Crippen molar-refractivity contribution < 1.29 is 4.74 Å². The Bertz CT molecular complexity index is 394. The van der Waals surface area contributed by atoms with Crippen molar-refractivity contribution in [2.45, 2.75) is 18.9 Å². The number of aromatic nitrogens is 1. The number of rotatable bonds is 5. The second-order valence-corrected chi connectivity index (χ2v) is 6.04. The minimum atomic E-state index is 0.272. The van der Waals surface area contributed by atoms with Crippen LogP contribution >= 0.6 is 15.9 Å². The molecular formula is C14H22BrN3O. The Hall–Kier alpha value is -0.490. The summed E-state index contributed by atoms with van der Waals surface area (Å²) in [5, 5.41) is 0. The van der Waals surface area contributed by atoms with Gasteiger partial charge in [0.15, 0.2) is 0 Å². The summed E-state index contributed by atoms with van der Waals surface area (Å²) in [6.45, 7) is 3.68. The third kappa shape index (κ3) is 3.99. The Morgan fingerprint density at radius 3 is 2.79 bits per heavy atom. The van der Waals surface area contributed by atoms with E-state index >= 15 is 0 Å². The summed E-state index contributed by atoms with van der Waals surface area (Å²) in [7, 11) is 1.78. The SMILES string of the molecule is COCC1CCN(C(CN)c2cncc(Br)c2)CC1. The number of methoxy groups -OCH3 is 1. The maximum atomic E-state index is 5.97. The van der Waals surface area contributed by atoms with Crippen molar-refractivity contribution in [2.75, 3.05) is 33.4 Å². The number of ether oxygens (including phenoxy) is 1. The van der Waals surface area contributed by atoms with Crippen LogP contribution in [0.2, 0.25) is 0 Å². The van der Waals surface area contributed by atoms with Gasteiger partial charge in [0.1, 0.15) is 0 Å². The van der Waals surface area contributed by atoms with Gasteiger partial charge in [-0.15, -0.1) is 0 Å². The van der Waals surface area contributed by atoms with Gasteiger partial charge in [-0.2, -0.15) is 0 Å². The Balaban J connectivity index is 1.99. The quantitative estimate of drug-likeness (QED) is 0.900. The number of piperidine rings is 1. The first-order chi connectivity index (χ1) is 9.24. The number of nitrogens with zero attached hydrogens (tertiary/aromatic N) is 2. The lowest BCUT2D eigenvalue weighted by Crippen LogP contribution is -2.40. The van der Waals surface area contributed by atoms with Crippen molar-refractivity contribution >= 4 is 15.9 Å². The number of likely N-dealkylation sites (tertiary alicyclic amines) is 1. The molecule has 0 radical (unpaired) electrons. The van der Waals surface area contributed by atoms with Crippen LogP contribution in [0.25, 0.3) is 0 Å². The molecule has 1 aliphatic heterocycles. The Morgan fingerprint density at radius 2 is 2.21 bits per heavy atom. The normalized spacial score (nSPS) is 19.5. The van der Waals surface area contributed by atoms with Gasteiger partial charge in [-0.05, 0) is 59.4 Å².